The maximum absolute atomic E-state index is 12.3. The Morgan fingerprint density at radius 3 is 2.61 bits per heavy atom. The molecule has 1 fully saturated rings. The number of nitrogens with zero attached hydrogens (tertiary/aromatic N) is 4. The second-order valence-electron chi connectivity index (χ2n) is 8.85. The van der Waals surface area contributed by atoms with E-state index >= 15 is 0 Å². The highest BCUT2D eigenvalue weighted by Crippen LogP contribution is 2.31. The monoisotopic (exact) mass is 450 g/mol. The summed E-state index contributed by atoms with van der Waals surface area (Å²) in [6.45, 7) is 5.84. The van der Waals surface area contributed by atoms with Crippen molar-refractivity contribution >= 4 is 17.9 Å². The van der Waals surface area contributed by atoms with Crippen molar-refractivity contribution < 1.29 is 14.3 Å². The maximum atomic E-state index is 12.3. The first kappa shape index (κ1) is 23.3. The van der Waals surface area contributed by atoms with E-state index in [1.807, 2.05) is 38.4 Å². The fourth-order valence-corrected chi connectivity index (χ4v) is 4.47. The molecule has 0 aromatic heterocycles. The van der Waals surface area contributed by atoms with Crippen LogP contribution < -0.4 is 9.64 Å². The van der Waals surface area contributed by atoms with Crippen LogP contribution in [0.15, 0.2) is 47.5 Å². The molecule has 1 saturated heterocycles. The molecule has 1 atom stereocenters. The number of hydrogen-bond donors (Lipinski definition) is 0. The topological polar surface area (TPSA) is 57.6 Å². The zero-order chi connectivity index (χ0) is 23.2. The smallest absolute Gasteiger partial charge is 0.278 e. The minimum atomic E-state index is -0.204. The van der Waals surface area contributed by atoms with Gasteiger partial charge in [0.2, 0.25) is 0 Å². The van der Waals surface area contributed by atoms with E-state index in [1.54, 1.807) is 18.3 Å². The van der Waals surface area contributed by atoms with E-state index in [9.17, 15) is 4.79 Å². The fourth-order valence-electron chi connectivity index (χ4n) is 4.47. The number of anilines is 1. The quantitative estimate of drug-likeness (QED) is 0.477. The van der Waals surface area contributed by atoms with Gasteiger partial charge in [0.25, 0.3) is 5.91 Å². The first-order valence-electron chi connectivity index (χ1n) is 11.6. The lowest BCUT2D eigenvalue weighted by atomic mass is 9.93. The van der Waals surface area contributed by atoms with Crippen LogP contribution in [0.5, 0.6) is 5.75 Å². The van der Waals surface area contributed by atoms with E-state index in [1.165, 1.54) is 16.8 Å². The minimum Gasteiger partial charge on any atom is -0.497 e. The molecule has 2 aromatic carbocycles. The SMILES string of the molecule is COc1ccc(N2CCN(CC[C@@H]3OCCc4cc(C(=O)/N=C/N(C)C)ccc43)CC2)cc1. The molecule has 176 valence electrons. The summed E-state index contributed by atoms with van der Waals surface area (Å²) in [5, 5.41) is 0. The summed E-state index contributed by atoms with van der Waals surface area (Å²) in [4.78, 5) is 23.1. The molecule has 1 amide bonds. The van der Waals surface area contributed by atoms with Gasteiger partial charge in [0, 0.05) is 58.1 Å². The van der Waals surface area contributed by atoms with Crippen LogP contribution in [-0.4, -0.2) is 82.6 Å². The molecule has 0 radical (unpaired) electrons. The molecule has 7 heteroatoms. The number of benzene rings is 2. The van der Waals surface area contributed by atoms with Crippen LogP contribution in [0.25, 0.3) is 0 Å². The van der Waals surface area contributed by atoms with E-state index in [0.717, 1.165) is 51.3 Å². The van der Waals surface area contributed by atoms with Gasteiger partial charge in [-0.15, -0.1) is 0 Å². The normalized spacial score (nSPS) is 18.9. The number of ether oxygens (including phenoxy) is 2. The van der Waals surface area contributed by atoms with Crippen LogP contribution in [0.2, 0.25) is 0 Å². The number of carbonyl (C=O) groups excluding carboxylic acids is 1. The Hall–Kier alpha value is -2.90. The molecule has 0 bridgehead atoms. The summed E-state index contributed by atoms with van der Waals surface area (Å²) in [6.07, 6.45) is 3.43. The van der Waals surface area contributed by atoms with Crippen molar-refractivity contribution in [1.82, 2.24) is 9.80 Å². The third-order valence-corrected chi connectivity index (χ3v) is 6.35. The predicted octanol–water partition coefficient (Wildman–Crippen LogP) is 3.25. The third kappa shape index (κ3) is 5.92. The van der Waals surface area contributed by atoms with Gasteiger partial charge in [-0.2, -0.15) is 4.99 Å². The predicted molar refractivity (Wildman–Crippen MR) is 132 cm³/mol. The van der Waals surface area contributed by atoms with Crippen molar-refractivity contribution in [3.8, 4) is 5.75 Å². The average molecular weight is 451 g/mol. The number of amides is 1. The van der Waals surface area contributed by atoms with E-state index in [2.05, 4.69) is 33.0 Å². The fraction of sp³-hybridized carbons (Fsp3) is 0.462. The summed E-state index contributed by atoms with van der Waals surface area (Å²) >= 11 is 0. The van der Waals surface area contributed by atoms with Crippen LogP contribution in [0.1, 0.15) is 34.0 Å². The Morgan fingerprint density at radius 1 is 1.15 bits per heavy atom. The van der Waals surface area contributed by atoms with Crippen LogP contribution in [0.4, 0.5) is 5.69 Å². The minimum absolute atomic E-state index is 0.0859. The van der Waals surface area contributed by atoms with Crippen LogP contribution in [0, 0.1) is 0 Å². The van der Waals surface area contributed by atoms with Crippen molar-refractivity contribution in [2.45, 2.75) is 18.9 Å². The number of aliphatic imine (C=N–C) groups is 1. The molecule has 33 heavy (non-hydrogen) atoms. The summed E-state index contributed by atoms with van der Waals surface area (Å²) < 4.78 is 11.4. The molecular formula is C26H34N4O3. The lowest BCUT2D eigenvalue weighted by molar-refractivity contribution is 0.0289. The molecule has 7 nitrogen and oxygen atoms in total. The standard InChI is InChI=1S/C26H34N4O3/c1-28(2)19-27-26(31)21-4-9-24-20(18-21)11-17-33-25(24)10-12-29-13-15-30(16-14-29)22-5-7-23(32-3)8-6-22/h4-9,18-19,25H,10-17H2,1-3H3/b27-19+/t25-/m0/s1. The lowest BCUT2D eigenvalue weighted by Crippen LogP contribution is -2.46. The van der Waals surface area contributed by atoms with E-state index < -0.39 is 0 Å². The van der Waals surface area contributed by atoms with Gasteiger partial charge < -0.3 is 19.3 Å². The molecular weight excluding hydrogens is 416 g/mol. The summed E-state index contributed by atoms with van der Waals surface area (Å²) in [6, 6.07) is 14.2. The van der Waals surface area contributed by atoms with E-state index in [4.69, 9.17) is 9.47 Å². The summed E-state index contributed by atoms with van der Waals surface area (Å²) in [5.41, 5.74) is 4.31. The van der Waals surface area contributed by atoms with Crippen LogP contribution in [0.3, 0.4) is 0 Å². The van der Waals surface area contributed by atoms with Crippen molar-refractivity contribution in [1.29, 1.82) is 0 Å². The highest BCUT2D eigenvalue weighted by Gasteiger charge is 2.24. The van der Waals surface area contributed by atoms with E-state index in [-0.39, 0.29) is 12.0 Å². The highest BCUT2D eigenvalue weighted by molar-refractivity contribution is 5.98. The van der Waals surface area contributed by atoms with Gasteiger partial charge in [-0.05, 0) is 60.4 Å². The largest absolute Gasteiger partial charge is 0.497 e. The van der Waals surface area contributed by atoms with Gasteiger partial charge in [0.05, 0.1) is 26.2 Å². The second-order valence-corrected chi connectivity index (χ2v) is 8.85. The molecule has 0 aliphatic carbocycles. The lowest BCUT2D eigenvalue weighted by Gasteiger charge is -2.37. The number of rotatable bonds is 7. The Kier molecular flexibility index (Phi) is 7.62. The number of carbonyl (C=O) groups is 1. The Bertz CT molecular complexity index is 966. The average Bonchev–Trinajstić information content (AvgIpc) is 2.86. The second kappa shape index (κ2) is 10.8. The first-order valence-corrected chi connectivity index (χ1v) is 11.6. The third-order valence-electron chi connectivity index (χ3n) is 6.35. The molecule has 0 N–H and O–H groups in total. The Balaban J connectivity index is 1.30. The van der Waals surface area contributed by atoms with Crippen molar-refractivity contribution in [3.63, 3.8) is 0 Å². The van der Waals surface area contributed by atoms with Gasteiger partial charge >= 0.3 is 0 Å². The number of piperazine rings is 1. The van der Waals surface area contributed by atoms with E-state index in [0.29, 0.717) is 12.2 Å². The van der Waals surface area contributed by atoms with Gasteiger partial charge in [0.1, 0.15) is 5.75 Å². The van der Waals surface area contributed by atoms with Crippen molar-refractivity contribution in [2.75, 3.05) is 65.4 Å². The first-order chi connectivity index (χ1) is 16.0. The van der Waals surface area contributed by atoms with Gasteiger partial charge in [-0.1, -0.05) is 6.07 Å². The number of fused-ring (bicyclic) bond motifs is 1. The number of methoxy groups -OCH3 is 1. The molecule has 0 saturated carbocycles. The zero-order valence-corrected chi connectivity index (χ0v) is 19.9. The summed E-state index contributed by atoms with van der Waals surface area (Å²) in [7, 11) is 5.40. The highest BCUT2D eigenvalue weighted by atomic mass is 16.5. The Morgan fingerprint density at radius 2 is 1.91 bits per heavy atom. The van der Waals surface area contributed by atoms with Crippen molar-refractivity contribution in [3.05, 3.63) is 59.2 Å². The molecule has 2 aliphatic heterocycles. The molecule has 2 aliphatic rings. The maximum Gasteiger partial charge on any atom is 0.278 e. The van der Waals surface area contributed by atoms with Gasteiger partial charge in [0.15, 0.2) is 0 Å². The zero-order valence-electron chi connectivity index (χ0n) is 19.9. The number of hydrogen-bond acceptors (Lipinski definition) is 5. The summed E-state index contributed by atoms with van der Waals surface area (Å²) in [5.74, 6) is 0.687. The molecule has 4 rings (SSSR count). The Labute approximate surface area is 196 Å². The van der Waals surface area contributed by atoms with Crippen molar-refractivity contribution in [2.24, 2.45) is 4.99 Å². The molecule has 0 unspecified atom stereocenters. The van der Waals surface area contributed by atoms with Crippen LogP contribution in [-0.2, 0) is 11.2 Å². The van der Waals surface area contributed by atoms with Crippen LogP contribution >= 0.6 is 0 Å². The van der Waals surface area contributed by atoms with Gasteiger partial charge in [-0.3, -0.25) is 9.69 Å². The van der Waals surface area contributed by atoms with Gasteiger partial charge in [-0.25, -0.2) is 0 Å². The molecule has 2 aromatic rings. The molecule has 2 heterocycles. The molecule has 0 spiro atoms.